The van der Waals surface area contributed by atoms with Gasteiger partial charge in [0.05, 0.1) is 33.3 Å². The molecule has 132 valence electrons. The number of Topliss-reactive ketones (excluding diaryl/α,β-unsaturated/α-hetero) is 1. The van der Waals surface area contributed by atoms with E-state index in [2.05, 4.69) is 11.4 Å². The molecule has 0 saturated heterocycles. The second kappa shape index (κ2) is 6.26. The van der Waals surface area contributed by atoms with Crippen LogP contribution in [0.5, 0.6) is 0 Å². The average molecular weight is 365 g/mol. The van der Waals surface area contributed by atoms with Gasteiger partial charge in [-0.1, -0.05) is 30.3 Å². The molecule has 2 aliphatic rings. The lowest BCUT2D eigenvalue weighted by Crippen LogP contribution is -2.40. The Morgan fingerprint density at radius 3 is 2.73 bits per heavy atom. The van der Waals surface area contributed by atoms with Gasteiger partial charge in [0.2, 0.25) is 0 Å². The van der Waals surface area contributed by atoms with Crippen molar-refractivity contribution in [1.82, 2.24) is 5.32 Å². The molecule has 1 aromatic carbocycles. The van der Waals surface area contributed by atoms with Gasteiger partial charge in [-0.25, -0.2) is 0 Å². The molecule has 26 heavy (non-hydrogen) atoms. The molecule has 4 rings (SSSR count). The summed E-state index contributed by atoms with van der Waals surface area (Å²) in [5, 5.41) is 12.7. The number of rotatable bonds is 4. The summed E-state index contributed by atoms with van der Waals surface area (Å²) >= 11 is 1.18. The third-order valence-corrected chi connectivity index (χ3v) is 6.38. The Morgan fingerprint density at radius 2 is 2.08 bits per heavy atom. The van der Waals surface area contributed by atoms with Gasteiger partial charge >= 0.3 is 0 Å². The van der Waals surface area contributed by atoms with Gasteiger partial charge in [0.1, 0.15) is 0 Å². The molecule has 2 aromatic rings. The molecular weight excluding hydrogens is 346 g/mol. The first-order valence-electron chi connectivity index (χ1n) is 8.76. The SMILES string of the molecule is N#CCC1(c2ccccc2)CCc2c(sc(N)c2C(=O)NC2CC2)C1=O. The van der Waals surface area contributed by atoms with Crippen LogP contribution in [-0.2, 0) is 11.8 Å². The molecule has 1 amide bonds. The number of nitrogens with one attached hydrogen (secondary N) is 1. The molecule has 1 atom stereocenters. The molecule has 2 aliphatic carbocycles. The molecule has 1 fully saturated rings. The van der Waals surface area contributed by atoms with Crippen LogP contribution in [0.25, 0.3) is 0 Å². The lowest BCUT2D eigenvalue weighted by atomic mass is 9.66. The first kappa shape index (κ1) is 16.8. The van der Waals surface area contributed by atoms with Crippen LogP contribution in [0.15, 0.2) is 30.3 Å². The lowest BCUT2D eigenvalue weighted by molar-refractivity contribution is 0.0867. The summed E-state index contributed by atoms with van der Waals surface area (Å²) in [6.45, 7) is 0. The van der Waals surface area contributed by atoms with E-state index in [1.165, 1.54) is 11.3 Å². The van der Waals surface area contributed by atoms with Crippen LogP contribution in [-0.4, -0.2) is 17.7 Å². The lowest BCUT2D eigenvalue weighted by Gasteiger charge is -2.34. The summed E-state index contributed by atoms with van der Waals surface area (Å²) < 4.78 is 0. The number of hydrogen-bond donors (Lipinski definition) is 2. The van der Waals surface area contributed by atoms with Crippen molar-refractivity contribution in [1.29, 1.82) is 5.26 Å². The Bertz CT molecular complexity index is 925. The minimum atomic E-state index is -0.857. The first-order valence-corrected chi connectivity index (χ1v) is 9.58. The highest BCUT2D eigenvalue weighted by atomic mass is 32.1. The van der Waals surface area contributed by atoms with Crippen molar-refractivity contribution in [3.8, 4) is 6.07 Å². The molecule has 0 bridgehead atoms. The fourth-order valence-corrected chi connectivity index (χ4v) is 4.90. The molecule has 6 heteroatoms. The van der Waals surface area contributed by atoms with Crippen LogP contribution in [0, 0.1) is 11.3 Å². The van der Waals surface area contributed by atoms with Crippen LogP contribution in [0.4, 0.5) is 5.00 Å². The number of thiophene rings is 1. The molecular formula is C20H19N3O2S. The molecule has 1 unspecified atom stereocenters. The Hall–Kier alpha value is -2.65. The standard InChI is InChI=1S/C20H19N3O2S/c21-11-10-20(12-4-2-1-3-5-12)9-8-14-15(19(25)23-13-6-7-13)18(22)26-16(14)17(20)24/h1-5,13H,6-10,22H2,(H,23,25). The van der Waals surface area contributed by atoms with Gasteiger partial charge in [0, 0.05) is 6.04 Å². The van der Waals surface area contributed by atoms with Gasteiger partial charge in [0.25, 0.3) is 5.91 Å². The van der Waals surface area contributed by atoms with E-state index >= 15 is 0 Å². The van der Waals surface area contributed by atoms with Crippen LogP contribution < -0.4 is 11.1 Å². The van der Waals surface area contributed by atoms with Crippen molar-refractivity contribution >= 4 is 28.0 Å². The Labute approximate surface area is 155 Å². The van der Waals surface area contributed by atoms with Crippen LogP contribution in [0.3, 0.4) is 0 Å². The highest BCUT2D eigenvalue weighted by molar-refractivity contribution is 7.18. The number of hydrogen-bond acceptors (Lipinski definition) is 5. The second-order valence-corrected chi connectivity index (χ2v) is 8.06. The number of nitrogen functional groups attached to an aromatic ring is 1. The molecule has 1 aromatic heterocycles. The predicted molar refractivity (Wildman–Crippen MR) is 100 cm³/mol. The van der Waals surface area contributed by atoms with E-state index in [0.717, 1.165) is 24.0 Å². The molecule has 1 saturated carbocycles. The number of carbonyl (C=O) groups is 2. The maximum atomic E-state index is 13.4. The van der Waals surface area contributed by atoms with Crippen molar-refractivity contribution in [2.45, 2.75) is 43.6 Å². The minimum absolute atomic E-state index is 0.0892. The van der Waals surface area contributed by atoms with E-state index in [0.29, 0.717) is 28.3 Å². The largest absolute Gasteiger partial charge is 0.390 e. The predicted octanol–water partition coefficient (Wildman–Crippen LogP) is 3.20. The number of carbonyl (C=O) groups excluding carboxylic acids is 2. The third-order valence-electron chi connectivity index (χ3n) is 5.32. The number of amides is 1. The second-order valence-electron chi connectivity index (χ2n) is 7.01. The number of nitrogens with two attached hydrogens (primary N) is 1. The molecule has 0 radical (unpaired) electrons. The number of benzene rings is 1. The van der Waals surface area contributed by atoms with E-state index in [1.54, 1.807) is 0 Å². The summed E-state index contributed by atoms with van der Waals surface area (Å²) in [5.74, 6) is -0.267. The topological polar surface area (TPSA) is 96.0 Å². The van der Waals surface area contributed by atoms with Crippen molar-refractivity contribution in [3.05, 3.63) is 51.9 Å². The maximum absolute atomic E-state index is 13.4. The van der Waals surface area contributed by atoms with Crippen LogP contribution >= 0.6 is 11.3 Å². The van der Waals surface area contributed by atoms with E-state index in [4.69, 9.17) is 5.73 Å². The number of fused-ring (bicyclic) bond motifs is 1. The number of ketones is 1. The third kappa shape index (κ3) is 2.60. The van der Waals surface area contributed by atoms with Gasteiger partial charge in [-0.3, -0.25) is 9.59 Å². The van der Waals surface area contributed by atoms with E-state index in [1.807, 2.05) is 30.3 Å². The van der Waals surface area contributed by atoms with Gasteiger partial charge < -0.3 is 11.1 Å². The number of anilines is 1. The van der Waals surface area contributed by atoms with Gasteiger partial charge in [-0.2, -0.15) is 5.26 Å². The van der Waals surface area contributed by atoms with Crippen molar-refractivity contribution in [2.24, 2.45) is 0 Å². The van der Waals surface area contributed by atoms with Gasteiger partial charge in [-0.15, -0.1) is 11.3 Å². The number of nitrogens with zero attached hydrogens (tertiary/aromatic N) is 1. The highest BCUT2D eigenvalue weighted by Crippen LogP contribution is 2.46. The van der Waals surface area contributed by atoms with Gasteiger partial charge in [0.15, 0.2) is 5.78 Å². The zero-order valence-corrected chi connectivity index (χ0v) is 15.1. The van der Waals surface area contributed by atoms with Crippen LogP contribution in [0.1, 0.15) is 56.8 Å². The fraction of sp³-hybridized carbons (Fsp3) is 0.350. The molecule has 3 N–H and O–H groups in total. The minimum Gasteiger partial charge on any atom is -0.390 e. The smallest absolute Gasteiger partial charge is 0.254 e. The fourth-order valence-electron chi connectivity index (χ4n) is 3.75. The summed E-state index contributed by atoms with van der Waals surface area (Å²) in [6, 6.07) is 11.9. The molecule has 1 heterocycles. The van der Waals surface area contributed by atoms with Crippen molar-refractivity contribution in [3.63, 3.8) is 0 Å². The van der Waals surface area contributed by atoms with E-state index in [-0.39, 0.29) is 24.2 Å². The quantitative estimate of drug-likeness (QED) is 0.869. The van der Waals surface area contributed by atoms with Crippen molar-refractivity contribution < 1.29 is 9.59 Å². The normalized spacial score (nSPS) is 21.7. The van der Waals surface area contributed by atoms with E-state index < -0.39 is 5.41 Å². The maximum Gasteiger partial charge on any atom is 0.254 e. The zero-order valence-electron chi connectivity index (χ0n) is 14.2. The van der Waals surface area contributed by atoms with Crippen LogP contribution in [0.2, 0.25) is 0 Å². The molecule has 0 aliphatic heterocycles. The summed E-state index contributed by atoms with van der Waals surface area (Å²) in [4.78, 5) is 26.5. The number of nitriles is 1. The molecule has 5 nitrogen and oxygen atoms in total. The highest BCUT2D eigenvalue weighted by Gasteiger charge is 2.46. The average Bonchev–Trinajstić information content (AvgIpc) is 3.38. The van der Waals surface area contributed by atoms with Crippen molar-refractivity contribution in [2.75, 3.05) is 5.73 Å². The summed E-state index contributed by atoms with van der Waals surface area (Å²) in [5.41, 5.74) is 7.33. The summed E-state index contributed by atoms with van der Waals surface area (Å²) in [6.07, 6.45) is 3.19. The Balaban J connectivity index is 1.77. The zero-order chi connectivity index (χ0) is 18.3. The van der Waals surface area contributed by atoms with E-state index in [9.17, 15) is 14.9 Å². The van der Waals surface area contributed by atoms with Gasteiger partial charge in [-0.05, 0) is 36.8 Å². The Kier molecular flexibility index (Phi) is 4.04. The summed E-state index contributed by atoms with van der Waals surface area (Å²) in [7, 11) is 0. The monoisotopic (exact) mass is 365 g/mol. The first-order chi connectivity index (χ1) is 12.6. The Morgan fingerprint density at radius 1 is 1.35 bits per heavy atom. The molecule has 0 spiro atoms.